The van der Waals surface area contributed by atoms with Crippen molar-refractivity contribution in [2.75, 3.05) is 32.5 Å². The molecule has 0 aromatic carbocycles. The number of hydrogen-bond donors (Lipinski definition) is 2. The number of carboxylic acid groups (broad SMARTS) is 1. The van der Waals surface area contributed by atoms with Crippen molar-refractivity contribution in [2.45, 2.75) is 17.8 Å². The van der Waals surface area contributed by atoms with Crippen LogP contribution in [-0.4, -0.2) is 69.3 Å². The largest absolute Gasteiger partial charge is 0.481 e. The minimum Gasteiger partial charge on any atom is -0.481 e. The molecule has 0 bridgehead atoms. The van der Waals surface area contributed by atoms with E-state index in [1.807, 2.05) is 7.05 Å². The summed E-state index contributed by atoms with van der Waals surface area (Å²) in [5.41, 5.74) is -0.343. The topological polar surface area (TPSA) is 100 Å². The van der Waals surface area contributed by atoms with Crippen LogP contribution < -0.4 is 5.69 Å². The normalized spacial score (nSPS) is 20.6. The highest BCUT2D eigenvalue weighted by Crippen LogP contribution is 2.14. The number of rotatable bonds is 5. The Labute approximate surface area is 113 Å². The maximum atomic E-state index is 11.7. The average Bonchev–Trinajstić information content (AvgIpc) is 2.68. The predicted octanol–water partition coefficient (Wildman–Crippen LogP) is -0.921. The number of thioether (sulfide) groups is 1. The highest BCUT2D eigenvalue weighted by Gasteiger charge is 2.21. The number of aromatic amines is 1. The van der Waals surface area contributed by atoms with Crippen LogP contribution in [0.15, 0.2) is 9.95 Å². The third kappa shape index (κ3) is 3.82. The van der Waals surface area contributed by atoms with Crippen molar-refractivity contribution in [1.82, 2.24) is 19.7 Å². The SMILES string of the molecule is CN1CCOC(Cn2c(SCC(=O)O)n[nH]c2=O)C1. The molecular formula is C10H16N4O4S. The summed E-state index contributed by atoms with van der Waals surface area (Å²) >= 11 is 1.02. The molecule has 2 heterocycles. The second kappa shape index (κ2) is 6.22. The van der Waals surface area contributed by atoms with Crippen molar-refractivity contribution in [2.24, 2.45) is 0 Å². The molecule has 0 aliphatic carbocycles. The predicted molar refractivity (Wildman–Crippen MR) is 68.4 cm³/mol. The van der Waals surface area contributed by atoms with Gasteiger partial charge < -0.3 is 14.7 Å². The molecule has 1 aromatic rings. The monoisotopic (exact) mass is 288 g/mol. The van der Waals surface area contributed by atoms with Gasteiger partial charge in [-0.2, -0.15) is 0 Å². The van der Waals surface area contributed by atoms with Crippen molar-refractivity contribution >= 4 is 17.7 Å². The van der Waals surface area contributed by atoms with Gasteiger partial charge in [-0.25, -0.2) is 9.89 Å². The minimum absolute atomic E-state index is 0.0850. The quantitative estimate of drug-likeness (QED) is 0.676. The molecule has 1 atom stereocenters. The van der Waals surface area contributed by atoms with Gasteiger partial charge in [0.05, 0.1) is 25.0 Å². The van der Waals surface area contributed by atoms with E-state index in [-0.39, 0.29) is 17.5 Å². The van der Waals surface area contributed by atoms with Crippen LogP contribution in [-0.2, 0) is 16.1 Å². The number of nitrogens with one attached hydrogen (secondary N) is 1. The van der Waals surface area contributed by atoms with E-state index in [9.17, 15) is 9.59 Å². The summed E-state index contributed by atoms with van der Waals surface area (Å²) in [7, 11) is 1.99. The van der Waals surface area contributed by atoms with Crippen LogP contribution in [0.25, 0.3) is 0 Å². The molecule has 1 unspecified atom stereocenters. The first-order chi connectivity index (χ1) is 9.06. The Bertz CT molecular complexity index is 500. The maximum Gasteiger partial charge on any atom is 0.344 e. The smallest absolute Gasteiger partial charge is 0.344 e. The standard InChI is InChI=1S/C10H16N4O4S/c1-13-2-3-18-7(4-13)5-14-9(17)11-12-10(14)19-6-8(15)16/h7H,2-6H2,1H3,(H,11,17)(H,15,16). The van der Waals surface area contributed by atoms with Gasteiger partial charge in [-0.05, 0) is 7.05 Å². The Morgan fingerprint density at radius 2 is 2.47 bits per heavy atom. The van der Waals surface area contributed by atoms with E-state index in [0.717, 1.165) is 24.9 Å². The first-order valence-electron chi connectivity index (χ1n) is 5.86. The van der Waals surface area contributed by atoms with E-state index in [1.165, 1.54) is 4.57 Å². The van der Waals surface area contributed by atoms with E-state index in [0.29, 0.717) is 18.3 Å². The molecule has 0 radical (unpaired) electrons. The number of likely N-dealkylation sites (N-methyl/N-ethyl adjacent to an activating group) is 1. The fourth-order valence-electron chi connectivity index (χ4n) is 1.88. The number of carboxylic acids is 1. The van der Waals surface area contributed by atoms with Crippen LogP contribution in [0.5, 0.6) is 0 Å². The molecule has 0 saturated carbocycles. The van der Waals surface area contributed by atoms with Crippen molar-refractivity contribution in [3.63, 3.8) is 0 Å². The van der Waals surface area contributed by atoms with Crippen LogP contribution in [0.3, 0.4) is 0 Å². The van der Waals surface area contributed by atoms with Gasteiger partial charge in [-0.1, -0.05) is 11.8 Å². The van der Waals surface area contributed by atoms with E-state index in [2.05, 4.69) is 15.1 Å². The second-order valence-electron chi connectivity index (χ2n) is 4.36. The molecule has 19 heavy (non-hydrogen) atoms. The lowest BCUT2D eigenvalue weighted by molar-refractivity contribution is -0.133. The van der Waals surface area contributed by atoms with Crippen LogP contribution in [0.2, 0.25) is 0 Å². The van der Waals surface area contributed by atoms with Gasteiger partial charge in [-0.3, -0.25) is 9.36 Å². The third-order valence-electron chi connectivity index (χ3n) is 2.78. The van der Waals surface area contributed by atoms with E-state index >= 15 is 0 Å². The zero-order valence-corrected chi connectivity index (χ0v) is 11.4. The fourth-order valence-corrected chi connectivity index (χ4v) is 2.56. The number of nitrogens with zero attached hydrogens (tertiary/aromatic N) is 3. The molecule has 0 spiro atoms. The van der Waals surface area contributed by atoms with Crippen LogP contribution >= 0.6 is 11.8 Å². The van der Waals surface area contributed by atoms with Crippen LogP contribution in [0.1, 0.15) is 0 Å². The zero-order chi connectivity index (χ0) is 13.8. The van der Waals surface area contributed by atoms with Gasteiger partial charge in [0.2, 0.25) is 0 Å². The Kier molecular flexibility index (Phi) is 4.61. The third-order valence-corrected chi connectivity index (χ3v) is 3.74. The average molecular weight is 288 g/mol. The van der Waals surface area contributed by atoms with E-state index in [4.69, 9.17) is 9.84 Å². The van der Waals surface area contributed by atoms with Crippen LogP contribution in [0.4, 0.5) is 0 Å². The second-order valence-corrected chi connectivity index (χ2v) is 5.30. The summed E-state index contributed by atoms with van der Waals surface area (Å²) in [6.45, 7) is 2.62. The first kappa shape index (κ1) is 14.1. The van der Waals surface area contributed by atoms with Crippen molar-refractivity contribution in [3.8, 4) is 0 Å². The lowest BCUT2D eigenvalue weighted by Gasteiger charge is -2.30. The number of hydrogen-bond acceptors (Lipinski definition) is 6. The molecule has 0 amide bonds. The Hall–Kier alpha value is -1.32. The molecule has 1 aliphatic heterocycles. The molecule has 2 N–H and O–H groups in total. The summed E-state index contributed by atoms with van der Waals surface area (Å²) in [5.74, 6) is -1.07. The van der Waals surface area contributed by atoms with Gasteiger partial charge >= 0.3 is 11.7 Å². The lowest BCUT2D eigenvalue weighted by atomic mass is 10.3. The summed E-state index contributed by atoms with van der Waals surface area (Å²) in [4.78, 5) is 24.3. The van der Waals surface area contributed by atoms with Crippen LogP contribution in [0, 0.1) is 0 Å². The Morgan fingerprint density at radius 1 is 1.68 bits per heavy atom. The van der Waals surface area contributed by atoms with E-state index in [1.54, 1.807) is 0 Å². The zero-order valence-electron chi connectivity index (χ0n) is 10.5. The van der Waals surface area contributed by atoms with E-state index < -0.39 is 5.97 Å². The van der Waals surface area contributed by atoms with Gasteiger partial charge in [0.1, 0.15) is 0 Å². The van der Waals surface area contributed by atoms with Crippen molar-refractivity contribution in [3.05, 3.63) is 10.5 Å². The van der Waals surface area contributed by atoms with Gasteiger partial charge in [0.15, 0.2) is 5.16 Å². The summed E-state index contributed by atoms with van der Waals surface area (Å²) in [6, 6.07) is 0. The minimum atomic E-state index is -0.944. The first-order valence-corrected chi connectivity index (χ1v) is 6.85. The van der Waals surface area contributed by atoms with Gasteiger partial charge in [-0.15, -0.1) is 5.10 Å². The molecule has 2 rings (SSSR count). The molecular weight excluding hydrogens is 272 g/mol. The molecule has 9 heteroatoms. The molecule has 1 aliphatic rings. The Balaban J connectivity index is 2.04. The van der Waals surface area contributed by atoms with Gasteiger partial charge in [0, 0.05) is 13.1 Å². The highest BCUT2D eigenvalue weighted by atomic mass is 32.2. The molecule has 1 fully saturated rings. The highest BCUT2D eigenvalue weighted by molar-refractivity contribution is 7.99. The number of ether oxygens (including phenoxy) is 1. The molecule has 106 valence electrons. The van der Waals surface area contributed by atoms with Crippen molar-refractivity contribution in [1.29, 1.82) is 0 Å². The number of aliphatic carboxylic acids is 1. The summed E-state index contributed by atoms with van der Waals surface area (Å²) in [6.07, 6.45) is -0.0850. The molecule has 1 saturated heterocycles. The summed E-state index contributed by atoms with van der Waals surface area (Å²) < 4.78 is 7.02. The number of carbonyl (C=O) groups is 1. The number of H-pyrrole nitrogens is 1. The van der Waals surface area contributed by atoms with Gasteiger partial charge in [0.25, 0.3) is 0 Å². The number of aromatic nitrogens is 3. The Morgan fingerprint density at radius 3 is 3.16 bits per heavy atom. The number of morpholine rings is 1. The maximum absolute atomic E-state index is 11.7. The fraction of sp³-hybridized carbons (Fsp3) is 0.700. The lowest BCUT2D eigenvalue weighted by Crippen LogP contribution is -2.43. The summed E-state index contributed by atoms with van der Waals surface area (Å²) in [5, 5.41) is 15.2. The molecule has 1 aromatic heterocycles. The molecule has 8 nitrogen and oxygen atoms in total. The van der Waals surface area contributed by atoms with Crippen molar-refractivity contribution < 1.29 is 14.6 Å².